The van der Waals surface area contributed by atoms with Crippen molar-refractivity contribution in [1.29, 1.82) is 0 Å². The fraction of sp³-hybridized carbons (Fsp3) is 0.500. The lowest BCUT2D eigenvalue weighted by molar-refractivity contribution is 0.0689. The van der Waals surface area contributed by atoms with Gasteiger partial charge in [0.15, 0.2) is 0 Å². The zero-order valence-electron chi connectivity index (χ0n) is 12.3. The first-order chi connectivity index (χ1) is 10.3. The third-order valence-corrected chi connectivity index (χ3v) is 5.30. The van der Waals surface area contributed by atoms with Crippen LogP contribution in [0.25, 0.3) is 10.9 Å². The largest absolute Gasteiger partial charge is 0.361 e. The smallest absolute Gasteiger partial charge is 0.254 e. The second-order valence-corrected chi connectivity index (χ2v) is 6.53. The van der Waals surface area contributed by atoms with Crippen LogP contribution in [0.5, 0.6) is 0 Å². The number of amides is 1. The van der Waals surface area contributed by atoms with E-state index in [0.29, 0.717) is 6.04 Å². The van der Waals surface area contributed by atoms with Crippen molar-refractivity contribution in [2.45, 2.75) is 44.6 Å². The summed E-state index contributed by atoms with van der Waals surface area (Å²) in [4.78, 5) is 18.2. The van der Waals surface area contributed by atoms with Crippen LogP contribution in [0, 0.1) is 5.92 Å². The quantitative estimate of drug-likeness (QED) is 0.889. The van der Waals surface area contributed by atoms with E-state index in [2.05, 4.69) is 9.88 Å². The van der Waals surface area contributed by atoms with Gasteiger partial charge in [-0.2, -0.15) is 0 Å². The van der Waals surface area contributed by atoms with Gasteiger partial charge in [-0.15, -0.1) is 0 Å². The molecule has 2 aromatic rings. The number of H-pyrrole nitrogens is 1. The molecule has 1 aliphatic carbocycles. The van der Waals surface area contributed by atoms with Crippen molar-refractivity contribution in [3.05, 3.63) is 36.0 Å². The van der Waals surface area contributed by atoms with Gasteiger partial charge >= 0.3 is 0 Å². The highest BCUT2D eigenvalue weighted by atomic mass is 16.2. The van der Waals surface area contributed by atoms with Gasteiger partial charge in [-0.05, 0) is 55.9 Å². The first-order valence-electron chi connectivity index (χ1n) is 8.21. The molecule has 1 amide bonds. The average molecular weight is 282 g/mol. The molecule has 110 valence electrons. The number of carbonyl (C=O) groups excluding carboxylic acids is 1. The summed E-state index contributed by atoms with van der Waals surface area (Å²) < 4.78 is 0. The number of nitrogens with zero attached hydrogens (tertiary/aromatic N) is 1. The molecule has 1 aliphatic heterocycles. The van der Waals surface area contributed by atoms with Crippen LogP contribution in [0.4, 0.5) is 0 Å². The Morgan fingerprint density at radius 1 is 1.10 bits per heavy atom. The molecule has 0 unspecified atom stereocenters. The van der Waals surface area contributed by atoms with Crippen molar-refractivity contribution in [3.63, 3.8) is 0 Å². The van der Waals surface area contributed by atoms with Crippen LogP contribution < -0.4 is 0 Å². The molecule has 3 nitrogen and oxygen atoms in total. The number of aromatic amines is 1. The maximum Gasteiger partial charge on any atom is 0.254 e. The molecular formula is C18H22N2O. The molecular weight excluding hydrogens is 260 g/mol. The normalized spacial score (nSPS) is 23.2. The van der Waals surface area contributed by atoms with E-state index in [1.54, 1.807) is 0 Å². The Balaban J connectivity index is 1.60. The summed E-state index contributed by atoms with van der Waals surface area (Å²) in [7, 11) is 0. The molecule has 1 saturated heterocycles. The molecule has 0 radical (unpaired) electrons. The molecule has 1 atom stereocenters. The standard InChI is InChI=1S/C18H22N2O/c21-18(15-7-8-16-14(12-15)9-10-19-16)20-11-3-6-17(20)13-4-1-2-5-13/h7-10,12-13,17,19H,1-6,11H2/t17-/m0/s1. The summed E-state index contributed by atoms with van der Waals surface area (Å²) in [6.07, 6.45) is 9.60. The minimum Gasteiger partial charge on any atom is -0.361 e. The minimum absolute atomic E-state index is 0.229. The van der Waals surface area contributed by atoms with E-state index < -0.39 is 0 Å². The van der Waals surface area contributed by atoms with Crippen LogP contribution in [0.1, 0.15) is 48.9 Å². The Bertz CT molecular complexity index is 654. The van der Waals surface area contributed by atoms with Crippen LogP contribution in [-0.2, 0) is 0 Å². The van der Waals surface area contributed by atoms with Crippen LogP contribution in [0.3, 0.4) is 0 Å². The molecule has 0 bridgehead atoms. The van der Waals surface area contributed by atoms with Crippen molar-refractivity contribution < 1.29 is 4.79 Å². The maximum absolute atomic E-state index is 12.9. The van der Waals surface area contributed by atoms with Crippen molar-refractivity contribution in [3.8, 4) is 0 Å². The molecule has 1 aromatic heterocycles. The summed E-state index contributed by atoms with van der Waals surface area (Å²) >= 11 is 0. The zero-order chi connectivity index (χ0) is 14.2. The second-order valence-electron chi connectivity index (χ2n) is 6.53. The van der Waals surface area contributed by atoms with E-state index in [1.807, 2.05) is 30.5 Å². The van der Waals surface area contributed by atoms with Gasteiger partial charge in [0.2, 0.25) is 0 Å². The Kier molecular flexibility index (Phi) is 3.21. The fourth-order valence-corrected chi connectivity index (χ4v) is 4.23. The van der Waals surface area contributed by atoms with E-state index >= 15 is 0 Å². The third kappa shape index (κ3) is 2.25. The van der Waals surface area contributed by atoms with Gasteiger partial charge in [0, 0.05) is 35.2 Å². The Hall–Kier alpha value is -1.77. The number of hydrogen-bond acceptors (Lipinski definition) is 1. The van der Waals surface area contributed by atoms with Gasteiger partial charge in [0.05, 0.1) is 0 Å². The van der Waals surface area contributed by atoms with Gasteiger partial charge < -0.3 is 9.88 Å². The molecule has 4 rings (SSSR count). The monoisotopic (exact) mass is 282 g/mol. The first-order valence-corrected chi connectivity index (χ1v) is 8.21. The van der Waals surface area contributed by atoms with E-state index in [-0.39, 0.29) is 5.91 Å². The molecule has 3 heteroatoms. The third-order valence-electron chi connectivity index (χ3n) is 5.30. The summed E-state index contributed by atoms with van der Waals surface area (Å²) in [5.74, 6) is 0.972. The van der Waals surface area contributed by atoms with Crippen molar-refractivity contribution in [1.82, 2.24) is 9.88 Å². The molecule has 2 heterocycles. The molecule has 2 aliphatic rings. The Labute approximate surface area is 125 Å². The van der Waals surface area contributed by atoms with Gasteiger partial charge in [-0.3, -0.25) is 4.79 Å². The number of fused-ring (bicyclic) bond motifs is 1. The lowest BCUT2D eigenvalue weighted by atomic mass is 9.95. The number of benzene rings is 1. The van der Waals surface area contributed by atoms with Crippen LogP contribution in [-0.4, -0.2) is 28.4 Å². The Morgan fingerprint density at radius 2 is 1.95 bits per heavy atom. The number of nitrogens with one attached hydrogen (secondary N) is 1. The molecule has 1 saturated carbocycles. The van der Waals surface area contributed by atoms with Crippen LogP contribution in [0.2, 0.25) is 0 Å². The van der Waals surface area contributed by atoms with E-state index in [4.69, 9.17) is 0 Å². The van der Waals surface area contributed by atoms with Crippen LogP contribution in [0.15, 0.2) is 30.5 Å². The minimum atomic E-state index is 0.229. The van der Waals surface area contributed by atoms with Crippen molar-refractivity contribution in [2.24, 2.45) is 5.92 Å². The first kappa shape index (κ1) is 12.9. The summed E-state index contributed by atoms with van der Waals surface area (Å²) in [5, 5.41) is 1.12. The summed E-state index contributed by atoms with van der Waals surface area (Å²) in [5.41, 5.74) is 1.94. The van der Waals surface area contributed by atoms with E-state index in [0.717, 1.165) is 28.9 Å². The SMILES string of the molecule is O=C(c1ccc2[nH]ccc2c1)N1CCC[C@H]1C1CCCC1. The molecule has 21 heavy (non-hydrogen) atoms. The molecule has 2 fully saturated rings. The van der Waals surface area contributed by atoms with Gasteiger partial charge in [-0.1, -0.05) is 12.8 Å². The topological polar surface area (TPSA) is 36.1 Å². The lowest BCUT2D eigenvalue weighted by Gasteiger charge is -2.29. The van der Waals surface area contributed by atoms with Crippen LogP contribution >= 0.6 is 0 Å². The van der Waals surface area contributed by atoms with Crippen molar-refractivity contribution >= 4 is 16.8 Å². The van der Waals surface area contributed by atoms with Crippen molar-refractivity contribution in [2.75, 3.05) is 6.54 Å². The number of rotatable bonds is 2. The zero-order valence-corrected chi connectivity index (χ0v) is 12.3. The second kappa shape index (κ2) is 5.21. The molecule has 1 aromatic carbocycles. The highest BCUT2D eigenvalue weighted by Crippen LogP contribution is 2.36. The fourth-order valence-electron chi connectivity index (χ4n) is 4.23. The van der Waals surface area contributed by atoms with E-state index in [9.17, 15) is 4.79 Å². The molecule has 1 N–H and O–H groups in total. The maximum atomic E-state index is 12.9. The predicted molar refractivity (Wildman–Crippen MR) is 84.3 cm³/mol. The number of carbonyl (C=O) groups is 1. The molecule has 0 spiro atoms. The highest BCUT2D eigenvalue weighted by Gasteiger charge is 2.36. The van der Waals surface area contributed by atoms with Gasteiger partial charge in [0.1, 0.15) is 0 Å². The van der Waals surface area contributed by atoms with Gasteiger partial charge in [-0.25, -0.2) is 0 Å². The highest BCUT2D eigenvalue weighted by molar-refractivity contribution is 5.98. The van der Waals surface area contributed by atoms with Gasteiger partial charge in [0.25, 0.3) is 5.91 Å². The van der Waals surface area contributed by atoms with E-state index in [1.165, 1.54) is 38.5 Å². The lowest BCUT2D eigenvalue weighted by Crippen LogP contribution is -2.39. The Morgan fingerprint density at radius 3 is 2.81 bits per heavy atom. The predicted octanol–water partition coefficient (Wildman–Crippen LogP) is 3.96. The summed E-state index contributed by atoms with van der Waals surface area (Å²) in [6.45, 7) is 0.936. The average Bonchev–Trinajstić information content (AvgIpc) is 3.24. The summed E-state index contributed by atoms with van der Waals surface area (Å²) in [6, 6.07) is 8.53. The number of hydrogen-bond donors (Lipinski definition) is 1. The number of likely N-dealkylation sites (tertiary alicyclic amines) is 1. The number of aromatic nitrogens is 1.